The highest BCUT2D eigenvalue weighted by Crippen LogP contribution is 2.30. The summed E-state index contributed by atoms with van der Waals surface area (Å²) in [4.78, 5) is 3.34. The van der Waals surface area contributed by atoms with Crippen molar-refractivity contribution >= 4 is 34.9 Å². The average molecular weight is 471 g/mol. The molecule has 2 N–H and O–H groups in total. The summed E-state index contributed by atoms with van der Waals surface area (Å²) < 4.78 is 11.8. The third-order valence-electron chi connectivity index (χ3n) is 5.22. The van der Waals surface area contributed by atoms with Crippen molar-refractivity contribution < 1.29 is 9.47 Å². The summed E-state index contributed by atoms with van der Waals surface area (Å²) in [5.74, 6) is 1.48. The number of hydrogen-bond donors (Lipinski definition) is 2. The maximum Gasteiger partial charge on any atom is 0.161 e. The summed E-state index contributed by atoms with van der Waals surface area (Å²) in [6.45, 7) is 4.63. The predicted molar refractivity (Wildman–Crippen MR) is 134 cm³/mol. The predicted octanol–water partition coefficient (Wildman–Crippen LogP) is 6.55. The van der Waals surface area contributed by atoms with Gasteiger partial charge >= 0.3 is 0 Å². The molecule has 4 aromatic rings. The number of H-pyrrole nitrogens is 1. The molecule has 0 amide bonds. The second-order valence-corrected chi connectivity index (χ2v) is 7.79. The van der Waals surface area contributed by atoms with Crippen LogP contribution in [0.5, 0.6) is 11.5 Å². The average Bonchev–Trinajstić information content (AvgIpc) is 3.20. The Balaban J connectivity index is 0.00000289. The summed E-state index contributed by atoms with van der Waals surface area (Å²) >= 11 is 6.24. The van der Waals surface area contributed by atoms with Crippen molar-refractivity contribution in [2.75, 3.05) is 13.2 Å². The molecule has 0 bridgehead atoms. The number of ether oxygens (including phenoxy) is 2. The molecule has 0 radical (unpaired) electrons. The van der Waals surface area contributed by atoms with Crippen molar-refractivity contribution in [3.8, 4) is 11.5 Å². The molecule has 0 saturated carbocycles. The Bertz CT molecular complexity index is 1140. The van der Waals surface area contributed by atoms with Crippen LogP contribution in [0.2, 0.25) is 5.02 Å². The fourth-order valence-corrected chi connectivity index (χ4v) is 3.81. The van der Waals surface area contributed by atoms with Gasteiger partial charge in [-0.05, 0) is 55.3 Å². The van der Waals surface area contributed by atoms with E-state index in [1.807, 2.05) is 43.3 Å². The van der Waals surface area contributed by atoms with E-state index in [9.17, 15) is 0 Å². The molecule has 0 fully saturated rings. The molecule has 1 heterocycles. The van der Waals surface area contributed by atoms with Crippen molar-refractivity contribution in [3.63, 3.8) is 0 Å². The first kappa shape index (κ1) is 24.0. The third-order valence-corrected chi connectivity index (χ3v) is 5.59. The number of hydrogen-bond acceptors (Lipinski definition) is 3. The summed E-state index contributed by atoms with van der Waals surface area (Å²) in [5, 5.41) is 5.53. The van der Waals surface area contributed by atoms with Crippen LogP contribution < -0.4 is 14.8 Å². The van der Waals surface area contributed by atoms with Gasteiger partial charge in [-0.25, -0.2) is 0 Å². The van der Waals surface area contributed by atoms with E-state index >= 15 is 0 Å². The van der Waals surface area contributed by atoms with Gasteiger partial charge in [-0.15, -0.1) is 12.4 Å². The van der Waals surface area contributed by atoms with Crippen molar-refractivity contribution in [2.24, 2.45) is 0 Å². The Kier molecular flexibility index (Phi) is 8.86. The molecule has 0 unspecified atom stereocenters. The molecule has 0 saturated heterocycles. The maximum atomic E-state index is 6.24. The monoisotopic (exact) mass is 470 g/mol. The van der Waals surface area contributed by atoms with Gasteiger partial charge < -0.3 is 19.8 Å². The second kappa shape index (κ2) is 11.8. The second-order valence-electron chi connectivity index (χ2n) is 7.38. The number of aromatic nitrogens is 1. The molecule has 0 atom stereocenters. The van der Waals surface area contributed by atoms with Gasteiger partial charge in [0.1, 0.15) is 6.61 Å². The number of fused-ring (bicyclic) bond motifs is 1. The first-order valence-corrected chi connectivity index (χ1v) is 11.0. The van der Waals surface area contributed by atoms with E-state index in [0.717, 1.165) is 42.1 Å². The van der Waals surface area contributed by atoms with Crippen LogP contribution in [0.1, 0.15) is 23.6 Å². The molecular weight excluding hydrogens is 443 g/mol. The van der Waals surface area contributed by atoms with Crippen LogP contribution in [0.4, 0.5) is 0 Å². The van der Waals surface area contributed by atoms with Crippen molar-refractivity contribution in [1.29, 1.82) is 0 Å². The molecule has 3 aromatic carbocycles. The molecule has 1 aromatic heterocycles. The van der Waals surface area contributed by atoms with Crippen LogP contribution >= 0.6 is 24.0 Å². The van der Waals surface area contributed by atoms with E-state index in [-0.39, 0.29) is 12.4 Å². The first-order valence-electron chi connectivity index (χ1n) is 10.6. The van der Waals surface area contributed by atoms with Crippen LogP contribution in [-0.2, 0) is 19.6 Å². The lowest BCUT2D eigenvalue weighted by atomic mass is 10.1. The standard InChI is InChI=1S/C26H27ClN2O2.ClH/c1-2-30-26-15-19(11-12-25(26)31-18-21-7-3-5-9-23(21)27)16-28-14-13-20-17-29-24-10-6-4-8-22(20)24;/h3-12,15,17,28-29H,2,13-14,16,18H2,1H3;1H. The molecule has 4 nitrogen and oxygen atoms in total. The normalized spacial score (nSPS) is 10.7. The molecule has 32 heavy (non-hydrogen) atoms. The third kappa shape index (κ3) is 5.98. The van der Waals surface area contributed by atoms with Crippen LogP contribution in [0.3, 0.4) is 0 Å². The molecule has 0 aliphatic heterocycles. The smallest absolute Gasteiger partial charge is 0.161 e. The highest BCUT2D eigenvalue weighted by Gasteiger charge is 2.09. The number of benzene rings is 3. The number of rotatable bonds is 10. The number of aromatic amines is 1. The first-order chi connectivity index (χ1) is 15.2. The van der Waals surface area contributed by atoms with Crippen LogP contribution in [0, 0.1) is 0 Å². The SMILES string of the molecule is CCOc1cc(CNCCc2c[nH]c3ccccc23)ccc1OCc1ccccc1Cl.Cl. The fraction of sp³-hybridized carbons (Fsp3) is 0.231. The fourth-order valence-electron chi connectivity index (χ4n) is 3.62. The molecule has 4 rings (SSSR count). The van der Waals surface area contributed by atoms with Crippen molar-refractivity contribution in [1.82, 2.24) is 10.3 Å². The van der Waals surface area contributed by atoms with Crippen molar-refractivity contribution in [2.45, 2.75) is 26.5 Å². The lowest BCUT2D eigenvalue weighted by Crippen LogP contribution is -2.16. The van der Waals surface area contributed by atoms with Gasteiger partial charge in [-0.1, -0.05) is 54.1 Å². The van der Waals surface area contributed by atoms with E-state index in [0.29, 0.717) is 18.2 Å². The Morgan fingerprint density at radius 3 is 2.56 bits per heavy atom. The van der Waals surface area contributed by atoms with E-state index in [1.54, 1.807) is 0 Å². The van der Waals surface area contributed by atoms with Crippen molar-refractivity contribution in [3.05, 3.63) is 94.6 Å². The number of halogens is 2. The van der Waals surface area contributed by atoms with Gasteiger partial charge in [-0.3, -0.25) is 0 Å². The van der Waals surface area contributed by atoms with E-state index in [4.69, 9.17) is 21.1 Å². The number of nitrogens with one attached hydrogen (secondary N) is 2. The van der Waals surface area contributed by atoms with Gasteiger partial charge in [0, 0.05) is 34.2 Å². The molecule has 0 aliphatic carbocycles. The van der Waals surface area contributed by atoms with E-state index in [2.05, 4.69) is 46.8 Å². The minimum atomic E-state index is 0. The zero-order valence-corrected chi connectivity index (χ0v) is 19.6. The largest absolute Gasteiger partial charge is 0.490 e. The maximum absolute atomic E-state index is 6.24. The molecule has 6 heteroatoms. The summed E-state index contributed by atoms with van der Waals surface area (Å²) in [7, 11) is 0. The van der Waals surface area contributed by atoms with Gasteiger partial charge in [-0.2, -0.15) is 0 Å². The van der Waals surface area contributed by atoms with E-state index < -0.39 is 0 Å². The summed E-state index contributed by atoms with van der Waals surface area (Å²) in [6, 6.07) is 22.2. The quantitative estimate of drug-likeness (QED) is 0.258. The zero-order valence-electron chi connectivity index (χ0n) is 18.1. The minimum Gasteiger partial charge on any atom is -0.490 e. The lowest BCUT2D eigenvalue weighted by Gasteiger charge is -2.14. The Hall–Kier alpha value is -2.66. The Labute approximate surface area is 200 Å². The zero-order chi connectivity index (χ0) is 21.5. The Morgan fingerprint density at radius 2 is 1.72 bits per heavy atom. The summed E-state index contributed by atoms with van der Waals surface area (Å²) in [5.41, 5.74) is 4.63. The van der Waals surface area contributed by atoms with Gasteiger partial charge in [0.15, 0.2) is 11.5 Å². The molecule has 0 spiro atoms. The number of para-hydroxylation sites is 1. The van der Waals surface area contributed by atoms with E-state index in [1.165, 1.54) is 16.5 Å². The molecular formula is C26H28Cl2N2O2. The highest BCUT2D eigenvalue weighted by atomic mass is 35.5. The highest BCUT2D eigenvalue weighted by molar-refractivity contribution is 6.31. The van der Waals surface area contributed by atoms with Crippen LogP contribution in [0.15, 0.2) is 72.9 Å². The molecule has 168 valence electrons. The van der Waals surface area contributed by atoms with Gasteiger partial charge in [0.05, 0.1) is 6.61 Å². The minimum absolute atomic E-state index is 0. The lowest BCUT2D eigenvalue weighted by molar-refractivity contribution is 0.269. The van der Waals surface area contributed by atoms with Crippen LogP contribution in [-0.4, -0.2) is 18.1 Å². The van der Waals surface area contributed by atoms with Gasteiger partial charge in [0.25, 0.3) is 0 Å². The van der Waals surface area contributed by atoms with Gasteiger partial charge in [0.2, 0.25) is 0 Å². The van der Waals surface area contributed by atoms with Crippen LogP contribution in [0.25, 0.3) is 10.9 Å². The topological polar surface area (TPSA) is 46.3 Å². The summed E-state index contributed by atoms with van der Waals surface area (Å²) in [6.07, 6.45) is 3.08. The Morgan fingerprint density at radius 1 is 0.906 bits per heavy atom. The molecule has 0 aliphatic rings.